The van der Waals surface area contributed by atoms with E-state index in [-0.39, 0.29) is 6.29 Å². The van der Waals surface area contributed by atoms with Gasteiger partial charge >= 0.3 is 0 Å². The van der Waals surface area contributed by atoms with Gasteiger partial charge in [-0.1, -0.05) is 24.3 Å². The molecule has 2 heterocycles. The van der Waals surface area contributed by atoms with Crippen molar-refractivity contribution in [3.8, 4) is 0 Å². The molecule has 0 amide bonds. The van der Waals surface area contributed by atoms with Crippen LogP contribution in [-0.2, 0) is 9.47 Å². The fourth-order valence-electron chi connectivity index (χ4n) is 1.92. The fraction of sp³-hybridized carbons (Fsp3) is 0.308. The van der Waals surface area contributed by atoms with Crippen molar-refractivity contribution in [2.24, 2.45) is 0 Å². The number of pyridine rings is 1. The van der Waals surface area contributed by atoms with Crippen LogP contribution in [0.3, 0.4) is 0 Å². The molecule has 1 fully saturated rings. The summed E-state index contributed by atoms with van der Waals surface area (Å²) in [5, 5.41) is 0. The predicted octanol–water partition coefficient (Wildman–Crippen LogP) is 2.47. The van der Waals surface area contributed by atoms with Crippen LogP contribution in [-0.4, -0.2) is 18.2 Å². The van der Waals surface area contributed by atoms with Gasteiger partial charge in [-0.3, -0.25) is 4.98 Å². The Labute approximate surface area is 94.4 Å². The molecule has 1 aliphatic carbocycles. The van der Waals surface area contributed by atoms with Crippen molar-refractivity contribution < 1.29 is 9.47 Å². The number of aromatic nitrogens is 1. The summed E-state index contributed by atoms with van der Waals surface area (Å²) in [5.41, 5.74) is 3.29. The van der Waals surface area contributed by atoms with Crippen LogP contribution in [0.5, 0.6) is 0 Å². The van der Waals surface area contributed by atoms with E-state index in [0.717, 1.165) is 17.7 Å². The number of allylic oxidation sites excluding steroid dienone is 4. The molecule has 0 N–H and O–H groups in total. The van der Waals surface area contributed by atoms with Crippen molar-refractivity contribution >= 4 is 5.57 Å². The molecule has 16 heavy (non-hydrogen) atoms. The van der Waals surface area contributed by atoms with E-state index < -0.39 is 0 Å². The topological polar surface area (TPSA) is 31.4 Å². The maximum Gasteiger partial charge on any atom is 0.185 e. The molecule has 1 aromatic rings. The van der Waals surface area contributed by atoms with Crippen LogP contribution in [0.2, 0.25) is 0 Å². The average Bonchev–Trinajstić information content (AvgIpc) is 3.03. The highest BCUT2D eigenvalue weighted by Gasteiger charge is 2.18. The zero-order chi connectivity index (χ0) is 10.8. The zero-order valence-corrected chi connectivity index (χ0v) is 8.93. The van der Waals surface area contributed by atoms with Gasteiger partial charge in [0.25, 0.3) is 0 Å². The standard InChI is InChI=1S/C13H13NO2/c1-2-4-10(3-1)12-6-5-11(9-14-12)13-15-7-8-16-13/h1-3,5-6,9,13H,4,7-8H2. The van der Waals surface area contributed by atoms with E-state index in [1.165, 1.54) is 5.57 Å². The number of hydrogen-bond donors (Lipinski definition) is 0. The van der Waals surface area contributed by atoms with E-state index in [0.29, 0.717) is 13.2 Å². The number of nitrogens with zero attached hydrogens (tertiary/aromatic N) is 1. The predicted molar refractivity (Wildman–Crippen MR) is 60.6 cm³/mol. The van der Waals surface area contributed by atoms with Gasteiger partial charge in [0.2, 0.25) is 0 Å². The fourth-order valence-corrected chi connectivity index (χ4v) is 1.92. The van der Waals surface area contributed by atoms with Gasteiger partial charge in [0, 0.05) is 11.8 Å². The largest absolute Gasteiger partial charge is 0.346 e. The van der Waals surface area contributed by atoms with Gasteiger partial charge in [0.1, 0.15) is 0 Å². The summed E-state index contributed by atoms with van der Waals surface area (Å²) < 4.78 is 10.8. The van der Waals surface area contributed by atoms with Crippen LogP contribution >= 0.6 is 0 Å². The Bertz CT molecular complexity index is 428. The smallest absolute Gasteiger partial charge is 0.185 e. The summed E-state index contributed by atoms with van der Waals surface area (Å²) in [6.45, 7) is 1.34. The molecule has 1 saturated heterocycles. The Morgan fingerprint density at radius 3 is 2.69 bits per heavy atom. The molecule has 2 aliphatic rings. The van der Waals surface area contributed by atoms with E-state index in [9.17, 15) is 0 Å². The minimum atomic E-state index is -0.225. The Balaban J connectivity index is 1.79. The Kier molecular flexibility index (Phi) is 2.56. The lowest BCUT2D eigenvalue weighted by Gasteiger charge is -2.09. The molecule has 3 heteroatoms. The van der Waals surface area contributed by atoms with Crippen molar-refractivity contribution in [2.75, 3.05) is 13.2 Å². The number of rotatable bonds is 2. The highest BCUT2D eigenvalue weighted by molar-refractivity contribution is 5.68. The second-order valence-corrected chi connectivity index (χ2v) is 3.87. The minimum Gasteiger partial charge on any atom is -0.346 e. The molecular weight excluding hydrogens is 202 g/mol. The van der Waals surface area contributed by atoms with Gasteiger partial charge in [-0.15, -0.1) is 0 Å². The highest BCUT2D eigenvalue weighted by Crippen LogP contribution is 2.25. The number of ether oxygens (including phenoxy) is 2. The molecule has 0 unspecified atom stereocenters. The Hall–Kier alpha value is -1.45. The summed E-state index contributed by atoms with van der Waals surface area (Å²) in [6, 6.07) is 4.05. The van der Waals surface area contributed by atoms with E-state index in [1.54, 1.807) is 0 Å². The van der Waals surface area contributed by atoms with Crippen molar-refractivity contribution in [1.82, 2.24) is 4.98 Å². The van der Waals surface area contributed by atoms with E-state index in [4.69, 9.17) is 9.47 Å². The summed E-state index contributed by atoms with van der Waals surface area (Å²) in [4.78, 5) is 4.44. The molecule has 0 saturated carbocycles. The van der Waals surface area contributed by atoms with Gasteiger partial charge in [0.15, 0.2) is 6.29 Å². The number of hydrogen-bond acceptors (Lipinski definition) is 3. The van der Waals surface area contributed by atoms with E-state index >= 15 is 0 Å². The van der Waals surface area contributed by atoms with Crippen molar-refractivity contribution in [3.05, 3.63) is 47.8 Å². The van der Waals surface area contributed by atoms with Gasteiger partial charge in [-0.2, -0.15) is 0 Å². The van der Waals surface area contributed by atoms with Crippen LogP contribution in [0.1, 0.15) is 24.0 Å². The monoisotopic (exact) mass is 215 g/mol. The molecule has 82 valence electrons. The zero-order valence-electron chi connectivity index (χ0n) is 8.93. The maximum absolute atomic E-state index is 5.42. The first-order valence-electron chi connectivity index (χ1n) is 5.49. The SMILES string of the molecule is C1=CCC(c2ccc(C3OCCO3)cn2)=C1. The first kappa shape index (κ1) is 9.75. The van der Waals surface area contributed by atoms with Crippen LogP contribution in [0.15, 0.2) is 36.6 Å². The van der Waals surface area contributed by atoms with Crippen molar-refractivity contribution in [3.63, 3.8) is 0 Å². The lowest BCUT2D eigenvalue weighted by molar-refractivity contribution is -0.0443. The molecule has 0 atom stereocenters. The van der Waals surface area contributed by atoms with Crippen LogP contribution in [0.25, 0.3) is 5.57 Å². The average molecular weight is 215 g/mol. The molecule has 0 bridgehead atoms. The van der Waals surface area contributed by atoms with Gasteiger partial charge in [-0.25, -0.2) is 0 Å². The Morgan fingerprint density at radius 2 is 2.06 bits per heavy atom. The minimum absolute atomic E-state index is 0.225. The third kappa shape index (κ3) is 1.79. The van der Waals surface area contributed by atoms with E-state index in [2.05, 4.69) is 23.2 Å². The van der Waals surface area contributed by atoms with Crippen LogP contribution in [0.4, 0.5) is 0 Å². The molecule has 1 aliphatic heterocycles. The van der Waals surface area contributed by atoms with E-state index in [1.807, 2.05) is 18.3 Å². The van der Waals surface area contributed by atoms with Crippen molar-refractivity contribution in [2.45, 2.75) is 12.7 Å². The highest BCUT2D eigenvalue weighted by atomic mass is 16.7. The molecular formula is C13H13NO2. The molecule has 0 aromatic carbocycles. The molecule has 1 aromatic heterocycles. The van der Waals surface area contributed by atoms with Crippen LogP contribution in [0, 0.1) is 0 Å². The lowest BCUT2D eigenvalue weighted by Crippen LogP contribution is -1.99. The molecule has 3 rings (SSSR count). The molecule has 0 radical (unpaired) electrons. The third-order valence-corrected chi connectivity index (χ3v) is 2.78. The summed E-state index contributed by atoms with van der Waals surface area (Å²) in [7, 11) is 0. The summed E-state index contributed by atoms with van der Waals surface area (Å²) in [5.74, 6) is 0. The van der Waals surface area contributed by atoms with Crippen LogP contribution < -0.4 is 0 Å². The maximum atomic E-state index is 5.42. The second-order valence-electron chi connectivity index (χ2n) is 3.87. The summed E-state index contributed by atoms with van der Waals surface area (Å²) >= 11 is 0. The first-order valence-corrected chi connectivity index (χ1v) is 5.49. The Morgan fingerprint density at radius 1 is 1.19 bits per heavy atom. The second kappa shape index (κ2) is 4.20. The summed E-state index contributed by atoms with van der Waals surface area (Å²) in [6.07, 6.45) is 8.89. The van der Waals surface area contributed by atoms with Crippen molar-refractivity contribution in [1.29, 1.82) is 0 Å². The molecule has 3 nitrogen and oxygen atoms in total. The third-order valence-electron chi connectivity index (χ3n) is 2.78. The normalized spacial score (nSPS) is 20.4. The first-order chi connectivity index (χ1) is 7.93. The van der Waals surface area contributed by atoms with Gasteiger partial charge < -0.3 is 9.47 Å². The molecule has 0 spiro atoms. The van der Waals surface area contributed by atoms with Gasteiger partial charge in [-0.05, 0) is 18.1 Å². The lowest BCUT2D eigenvalue weighted by atomic mass is 10.1. The van der Waals surface area contributed by atoms with Gasteiger partial charge in [0.05, 0.1) is 18.9 Å². The quantitative estimate of drug-likeness (QED) is 0.759.